The lowest BCUT2D eigenvalue weighted by Gasteiger charge is -2.39. The number of thiocarbonyl (C=S) groups is 1. The van der Waals surface area contributed by atoms with E-state index in [0.29, 0.717) is 10.8 Å². The molecule has 6 heteroatoms. The summed E-state index contributed by atoms with van der Waals surface area (Å²) in [4.78, 5) is 20.3. The van der Waals surface area contributed by atoms with E-state index in [-0.39, 0.29) is 11.9 Å². The highest BCUT2D eigenvalue weighted by atomic mass is 32.1. The monoisotopic (exact) mass is 342 g/mol. The van der Waals surface area contributed by atoms with E-state index < -0.39 is 5.54 Å². The molecule has 0 aromatic heterocycles. The van der Waals surface area contributed by atoms with Crippen LogP contribution in [-0.4, -0.2) is 40.6 Å². The summed E-state index contributed by atoms with van der Waals surface area (Å²) in [5.74, 6) is 0.000921. The fourth-order valence-electron chi connectivity index (χ4n) is 3.62. The second kappa shape index (κ2) is 6.15. The van der Waals surface area contributed by atoms with Crippen LogP contribution in [0.2, 0.25) is 0 Å². The van der Waals surface area contributed by atoms with Crippen LogP contribution in [0, 0.1) is 13.5 Å². The molecule has 126 valence electrons. The predicted octanol–water partition coefficient (Wildman–Crippen LogP) is 3.01. The Morgan fingerprint density at radius 1 is 1.33 bits per heavy atom. The van der Waals surface area contributed by atoms with E-state index in [1.54, 1.807) is 11.0 Å². The maximum Gasteiger partial charge on any atom is 0.258 e. The maximum absolute atomic E-state index is 13.1. The Hall–Kier alpha value is -1.97. The van der Waals surface area contributed by atoms with Crippen molar-refractivity contribution in [3.8, 4) is 0 Å². The summed E-state index contributed by atoms with van der Waals surface area (Å²) in [6.07, 6.45) is 1.97. The Morgan fingerprint density at radius 3 is 2.58 bits per heavy atom. The van der Waals surface area contributed by atoms with Crippen molar-refractivity contribution in [1.29, 1.82) is 0 Å². The minimum atomic E-state index is -0.647. The lowest BCUT2D eigenvalue weighted by molar-refractivity contribution is -0.124. The van der Waals surface area contributed by atoms with Crippen molar-refractivity contribution in [2.24, 2.45) is 0 Å². The number of nitrogens with one attached hydrogen (secondary N) is 1. The Kier molecular flexibility index (Phi) is 4.33. The molecule has 1 N–H and O–H groups in total. The number of amides is 1. The highest BCUT2D eigenvalue weighted by Gasteiger charge is 2.51. The van der Waals surface area contributed by atoms with Crippen LogP contribution in [0.1, 0.15) is 32.3 Å². The Balaban J connectivity index is 1.98. The number of nitrogens with zero attached hydrogens (tertiary/aromatic N) is 3. The Labute approximate surface area is 148 Å². The number of carbonyl (C=O) groups is 1. The van der Waals surface area contributed by atoms with Gasteiger partial charge in [0.25, 0.3) is 5.91 Å². The van der Waals surface area contributed by atoms with E-state index in [1.165, 1.54) is 0 Å². The quantitative estimate of drug-likeness (QED) is 0.662. The van der Waals surface area contributed by atoms with Crippen molar-refractivity contribution in [1.82, 2.24) is 10.2 Å². The molecule has 2 saturated heterocycles. The summed E-state index contributed by atoms with van der Waals surface area (Å²) < 4.78 is 0. The highest BCUT2D eigenvalue weighted by molar-refractivity contribution is 7.80. The number of anilines is 1. The number of hydrogen-bond donors (Lipinski definition) is 1. The fourth-order valence-corrected chi connectivity index (χ4v) is 4.19. The van der Waals surface area contributed by atoms with Crippen molar-refractivity contribution < 1.29 is 4.79 Å². The van der Waals surface area contributed by atoms with Gasteiger partial charge in [0.05, 0.1) is 6.57 Å². The zero-order valence-electron chi connectivity index (χ0n) is 14.3. The summed E-state index contributed by atoms with van der Waals surface area (Å²) in [7, 11) is 0. The molecule has 2 fully saturated rings. The molecule has 0 atom stereocenters. The van der Waals surface area contributed by atoms with Gasteiger partial charge >= 0.3 is 0 Å². The first kappa shape index (κ1) is 16.9. The number of aryl methyl sites for hydroxylation is 1. The normalized spacial score (nSPS) is 21.2. The van der Waals surface area contributed by atoms with Crippen molar-refractivity contribution in [2.45, 2.75) is 45.2 Å². The minimum absolute atomic E-state index is 0.000921. The molecule has 0 radical (unpaired) electrons. The Bertz CT molecular complexity index is 731. The molecule has 1 amide bonds. The van der Waals surface area contributed by atoms with Gasteiger partial charge in [-0.2, -0.15) is 0 Å². The van der Waals surface area contributed by atoms with Gasteiger partial charge in [-0.25, -0.2) is 4.85 Å². The first-order valence-corrected chi connectivity index (χ1v) is 8.65. The van der Waals surface area contributed by atoms with Crippen LogP contribution in [0.3, 0.4) is 0 Å². The standard InChI is InChI=1S/C18H22N4OS/c1-12-11-14(5-6-15(12)19-4)21-16(23)18(2,3)22(17(21)24)13-7-9-20-10-8-13/h5-6,11,13,20H,7-10H2,1-3H3. The van der Waals surface area contributed by atoms with Crippen LogP contribution in [0.5, 0.6) is 0 Å². The van der Waals surface area contributed by atoms with Gasteiger partial charge in [0.2, 0.25) is 0 Å². The molecule has 1 aromatic rings. The van der Waals surface area contributed by atoms with Gasteiger partial charge in [0, 0.05) is 11.7 Å². The predicted molar refractivity (Wildman–Crippen MR) is 99.3 cm³/mol. The number of carbonyl (C=O) groups excluding carboxylic acids is 1. The molecule has 3 rings (SSSR count). The van der Waals surface area contributed by atoms with E-state index in [9.17, 15) is 4.79 Å². The SMILES string of the molecule is [C-]#[N+]c1ccc(N2C(=O)C(C)(C)N(C3CCNCC3)C2=S)cc1C. The molecule has 0 saturated carbocycles. The van der Waals surface area contributed by atoms with E-state index in [0.717, 1.165) is 37.2 Å². The summed E-state index contributed by atoms with van der Waals surface area (Å²) in [6.45, 7) is 14.9. The van der Waals surface area contributed by atoms with Gasteiger partial charge in [-0.1, -0.05) is 6.07 Å². The van der Waals surface area contributed by atoms with Gasteiger partial charge in [-0.05, 0) is 76.6 Å². The van der Waals surface area contributed by atoms with E-state index in [4.69, 9.17) is 18.8 Å². The Morgan fingerprint density at radius 2 is 2.00 bits per heavy atom. The van der Waals surface area contributed by atoms with Crippen LogP contribution in [-0.2, 0) is 4.79 Å². The second-order valence-electron chi connectivity index (χ2n) is 6.92. The van der Waals surface area contributed by atoms with Crippen LogP contribution < -0.4 is 10.2 Å². The first-order valence-electron chi connectivity index (χ1n) is 8.24. The lowest BCUT2D eigenvalue weighted by Crippen LogP contribution is -2.53. The van der Waals surface area contributed by atoms with Gasteiger partial charge in [-0.15, -0.1) is 0 Å². The topological polar surface area (TPSA) is 39.9 Å². The van der Waals surface area contributed by atoms with Crippen molar-refractivity contribution in [3.63, 3.8) is 0 Å². The van der Waals surface area contributed by atoms with Crippen LogP contribution >= 0.6 is 12.2 Å². The largest absolute Gasteiger partial charge is 0.331 e. The molecule has 0 aliphatic carbocycles. The van der Waals surface area contributed by atoms with Crippen molar-refractivity contribution in [3.05, 3.63) is 35.2 Å². The van der Waals surface area contributed by atoms with Gasteiger partial charge < -0.3 is 10.2 Å². The summed E-state index contributed by atoms with van der Waals surface area (Å²) in [6, 6.07) is 5.73. The third-order valence-corrected chi connectivity index (χ3v) is 5.34. The van der Waals surface area contributed by atoms with Crippen molar-refractivity contribution in [2.75, 3.05) is 18.0 Å². The minimum Gasteiger partial charge on any atom is -0.331 e. The van der Waals surface area contributed by atoms with Gasteiger partial charge in [0.15, 0.2) is 10.8 Å². The molecule has 2 aliphatic heterocycles. The highest BCUT2D eigenvalue weighted by Crippen LogP contribution is 2.37. The second-order valence-corrected chi connectivity index (χ2v) is 7.28. The van der Waals surface area contributed by atoms with E-state index >= 15 is 0 Å². The van der Waals surface area contributed by atoms with Crippen LogP contribution in [0.25, 0.3) is 4.85 Å². The zero-order valence-corrected chi connectivity index (χ0v) is 15.1. The number of hydrogen-bond acceptors (Lipinski definition) is 3. The van der Waals surface area contributed by atoms with Gasteiger partial charge in [-0.3, -0.25) is 9.69 Å². The van der Waals surface area contributed by atoms with Gasteiger partial charge in [0.1, 0.15) is 5.54 Å². The summed E-state index contributed by atoms with van der Waals surface area (Å²) in [5, 5.41) is 3.93. The number of benzene rings is 1. The van der Waals surface area contributed by atoms with Crippen LogP contribution in [0.15, 0.2) is 18.2 Å². The molecular weight excluding hydrogens is 320 g/mol. The average molecular weight is 342 g/mol. The molecule has 1 aromatic carbocycles. The van der Waals surface area contributed by atoms with Crippen LogP contribution in [0.4, 0.5) is 11.4 Å². The molecule has 2 aliphatic rings. The lowest BCUT2D eigenvalue weighted by atomic mass is 9.97. The number of rotatable bonds is 2. The molecule has 0 bridgehead atoms. The van der Waals surface area contributed by atoms with E-state index in [1.807, 2.05) is 32.9 Å². The zero-order chi connectivity index (χ0) is 17.5. The molecule has 0 spiro atoms. The molecule has 2 heterocycles. The third kappa shape index (κ3) is 2.58. The first-order chi connectivity index (χ1) is 11.4. The summed E-state index contributed by atoms with van der Waals surface area (Å²) >= 11 is 5.71. The smallest absolute Gasteiger partial charge is 0.258 e. The van der Waals surface area contributed by atoms with E-state index in [2.05, 4.69) is 15.1 Å². The average Bonchev–Trinajstić information content (AvgIpc) is 2.73. The molecule has 0 unspecified atom stereocenters. The molecular formula is C18H22N4OS. The number of piperidine rings is 1. The molecule has 24 heavy (non-hydrogen) atoms. The summed E-state index contributed by atoms with van der Waals surface area (Å²) in [5.41, 5.74) is 1.56. The maximum atomic E-state index is 13.1. The third-order valence-electron chi connectivity index (χ3n) is 4.96. The molecule has 5 nitrogen and oxygen atoms in total. The van der Waals surface area contributed by atoms with Crippen molar-refractivity contribution >= 4 is 34.6 Å². The fraction of sp³-hybridized carbons (Fsp3) is 0.500.